The molecule has 0 saturated heterocycles. The lowest BCUT2D eigenvalue weighted by molar-refractivity contribution is 0.340. The van der Waals surface area contributed by atoms with Crippen LogP contribution in [0.25, 0.3) is 10.9 Å². The lowest BCUT2D eigenvalue weighted by Gasteiger charge is -2.05. The van der Waals surface area contributed by atoms with E-state index in [9.17, 15) is 0 Å². The van der Waals surface area contributed by atoms with Gasteiger partial charge in [0, 0.05) is 23.6 Å². The summed E-state index contributed by atoms with van der Waals surface area (Å²) in [5.74, 6) is 0.963. The Labute approximate surface area is 115 Å². The summed E-state index contributed by atoms with van der Waals surface area (Å²) in [6.07, 6.45) is 1.06. The van der Waals surface area contributed by atoms with E-state index < -0.39 is 0 Å². The van der Waals surface area contributed by atoms with Crippen LogP contribution in [0.15, 0.2) is 18.2 Å². The second kappa shape index (κ2) is 6.11. The van der Waals surface area contributed by atoms with E-state index in [0.29, 0.717) is 6.61 Å². The molecule has 1 N–H and O–H groups in total. The van der Waals surface area contributed by atoms with E-state index in [4.69, 9.17) is 4.74 Å². The Bertz CT molecular complexity index is 557. The van der Waals surface area contributed by atoms with Gasteiger partial charge in [0.25, 0.3) is 0 Å². The highest BCUT2D eigenvalue weighted by molar-refractivity contribution is 5.86. The van der Waals surface area contributed by atoms with E-state index in [1.54, 1.807) is 0 Å². The van der Waals surface area contributed by atoms with Crippen LogP contribution in [0.1, 0.15) is 25.1 Å². The largest absolute Gasteiger partial charge is 0.494 e. The van der Waals surface area contributed by atoms with Crippen LogP contribution in [0.2, 0.25) is 0 Å². The van der Waals surface area contributed by atoms with Gasteiger partial charge in [0.2, 0.25) is 0 Å². The van der Waals surface area contributed by atoms with Crippen LogP contribution in [0.4, 0.5) is 0 Å². The molecule has 0 spiro atoms. The first kappa shape index (κ1) is 13.9. The topological polar surface area (TPSA) is 26.2 Å². The SMILES string of the molecule is CCNCCc1c(C)n(C)c2ccc(OCC)cc12. The van der Waals surface area contributed by atoms with E-state index >= 15 is 0 Å². The highest BCUT2D eigenvalue weighted by atomic mass is 16.5. The monoisotopic (exact) mass is 260 g/mol. The second-order valence-corrected chi connectivity index (χ2v) is 4.84. The maximum atomic E-state index is 5.62. The van der Waals surface area contributed by atoms with Crippen LogP contribution in [0, 0.1) is 6.92 Å². The summed E-state index contributed by atoms with van der Waals surface area (Å²) in [5.41, 5.74) is 4.06. The number of aryl methyl sites for hydroxylation is 1. The van der Waals surface area contributed by atoms with Gasteiger partial charge < -0.3 is 14.6 Å². The van der Waals surface area contributed by atoms with E-state index in [1.165, 1.54) is 22.2 Å². The standard InChI is InChI=1S/C16H24N2O/c1-5-17-10-9-14-12(3)18(4)16-8-7-13(19-6-2)11-15(14)16/h7-8,11,17H,5-6,9-10H2,1-4H3. The van der Waals surface area contributed by atoms with Gasteiger partial charge >= 0.3 is 0 Å². The third kappa shape index (κ3) is 2.76. The molecule has 1 aromatic heterocycles. The first-order valence-corrected chi connectivity index (χ1v) is 7.10. The molecule has 0 bridgehead atoms. The van der Waals surface area contributed by atoms with Gasteiger partial charge in [0.1, 0.15) is 5.75 Å². The van der Waals surface area contributed by atoms with Crippen LogP contribution in [-0.2, 0) is 13.5 Å². The van der Waals surface area contributed by atoms with Gasteiger partial charge in [-0.2, -0.15) is 0 Å². The molecule has 0 amide bonds. The third-order valence-electron chi connectivity index (χ3n) is 3.71. The maximum Gasteiger partial charge on any atom is 0.120 e. The van der Waals surface area contributed by atoms with Gasteiger partial charge in [-0.3, -0.25) is 0 Å². The average molecular weight is 260 g/mol. The van der Waals surface area contributed by atoms with Gasteiger partial charge in [-0.15, -0.1) is 0 Å². The summed E-state index contributed by atoms with van der Waals surface area (Å²) in [7, 11) is 2.13. The highest BCUT2D eigenvalue weighted by Gasteiger charge is 2.12. The number of hydrogen-bond acceptors (Lipinski definition) is 2. The van der Waals surface area contributed by atoms with Crippen molar-refractivity contribution in [2.75, 3.05) is 19.7 Å². The van der Waals surface area contributed by atoms with E-state index in [-0.39, 0.29) is 0 Å². The van der Waals surface area contributed by atoms with Crippen molar-refractivity contribution < 1.29 is 4.74 Å². The minimum absolute atomic E-state index is 0.712. The summed E-state index contributed by atoms with van der Waals surface area (Å²) in [5, 5.41) is 4.72. The van der Waals surface area contributed by atoms with E-state index in [0.717, 1.165) is 25.3 Å². The maximum absolute atomic E-state index is 5.62. The molecule has 104 valence electrons. The smallest absolute Gasteiger partial charge is 0.120 e. The Hall–Kier alpha value is -1.48. The van der Waals surface area contributed by atoms with Crippen LogP contribution in [0.3, 0.4) is 0 Å². The number of hydrogen-bond donors (Lipinski definition) is 1. The Morgan fingerprint density at radius 2 is 2.05 bits per heavy atom. The molecule has 0 aliphatic heterocycles. The molecule has 0 radical (unpaired) electrons. The number of nitrogens with one attached hydrogen (secondary N) is 1. The van der Waals surface area contributed by atoms with Crippen molar-refractivity contribution in [3.63, 3.8) is 0 Å². The molecular weight excluding hydrogens is 236 g/mol. The van der Waals surface area contributed by atoms with Crippen molar-refractivity contribution in [3.05, 3.63) is 29.5 Å². The Morgan fingerprint density at radius 3 is 2.74 bits per heavy atom. The molecule has 0 saturated carbocycles. The molecule has 0 aliphatic rings. The quantitative estimate of drug-likeness (QED) is 0.808. The minimum Gasteiger partial charge on any atom is -0.494 e. The summed E-state index contributed by atoms with van der Waals surface area (Å²) in [6.45, 7) is 9.12. The van der Waals surface area contributed by atoms with Crippen LogP contribution >= 0.6 is 0 Å². The first-order valence-electron chi connectivity index (χ1n) is 7.10. The van der Waals surface area contributed by atoms with Crippen molar-refractivity contribution in [1.82, 2.24) is 9.88 Å². The molecular formula is C16H24N2O. The van der Waals surface area contributed by atoms with Gasteiger partial charge in [0.05, 0.1) is 6.61 Å². The average Bonchev–Trinajstić information content (AvgIpc) is 2.64. The number of rotatable bonds is 6. The highest BCUT2D eigenvalue weighted by Crippen LogP contribution is 2.28. The number of benzene rings is 1. The number of aromatic nitrogens is 1. The van der Waals surface area contributed by atoms with Crippen molar-refractivity contribution in [3.8, 4) is 5.75 Å². The Kier molecular flexibility index (Phi) is 4.48. The zero-order valence-electron chi connectivity index (χ0n) is 12.4. The van der Waals surface area contributed by atoms with Crippen molar-refractivity contribution in [2.45, 2.75) is 27.2 Å². The molecule has 2 rings (SSSR count). The number of fused-ring (bicyclic) bond motifs is 1. The van der Waals surface area contributed by atoms with Gasteiger partial charge in [-0.05, 0) is 57.1 Å². The third-order valence-corrected chi connectivity index (χ3v) is 3.71. The normalized spacial score (nSPS) is 11.2. The lowest BCUT2D eigenvalue weighted by atomic mass is 10.1. The summed E-state index contributed by atoms with van der Waals surface area (Å²) < 4.78 is 7.89. The van der Waals surface area contributed by atoms with Gasteiger partial charge in [-0.25, -0.2) is 0 Å². The van der Waals surface area contributed by atoms with Gasteiger partial charge in [0.15, 0.2) is 0 Å². The van der Waals surface area contributed by atoms with Crippen LogP contribution in [-0.4, -0.2) is 24.3 Å². The molecule has 1 heterocycles. The van der Waals surface area contributed by atoms with Crippen molar-refractivity contribution >= 4 is 10.9 Å². The second-order valence-electron chi connectivity index (χ2n) is 4.84. The fraction of sp³-hybridized carbons (Fsp3) is 0.500. The molecule has 0 atom stereocenters. The Balaban J connectivity index is 2.41. The van der Waals surface area contributed by atoms with Crippen LogP contribution < -0.4 is 10.1 Å². The fourth-order valence-electron chi connectivity index (χ4n) is 2.59. The number of likely N-dealkylation sites (N-methyl/N-ethyl adjacent to an activating group) is 1. The molecule has 0 fully saturated rings. The predicted molar refractivity (Wildman–Crippen MR) is 81.1 cm³/mol. The molecule has 0 aliphatic carbocycles. The molecule has 0 unspecified atom stereocenters. The summed E-state index contributed by atoms with van der Waals surface area (Å²) in [6, 6.07) is 6.39. The zero-order chi connectivity index (χ0) is 13.8. The Morgan fingerprint density at radius 1 is 1.26 bits per heavy atom. The van der Waals surface area contributed by atoms with Crippen LogP contribution in [0.5, 0.6) is 5.75 Å². The molecule has 1 aromatic carbocycles. The van der Waals surface area contributed by atoms with E-state index in [2.05, 4.69) is 49.0 Å². The minimum atomic E-state index is 0.712. The molecule has 3 heteroatoms. The number of ether oxygens (including phenoxy) is 1. The van der Waals surface area contributed by atoms with Crippen molar-refractivity contribution in [1.29, 1.82) is 0 Å². The van der Waals surface area contributed by atoms with E-state index in [1.807, 2.05) is 6.92 Å². The summed E-state index contributed by atoms with van der Waals surface area (Å²) in [4.78, 5) is 0. The first-order chi connectivity index (χ1) is 9.19. The summed E-state index contributed by atoms with van der Waals surface area (Å²) >= 11 is 0. The number of nitrogens with zero attached hydrogens (tertiary/aromatic N) is 1. The molecule has 19 heavy (non-hydrogen) atoms. The van der Waals surface area contributed by atoms with Gasteiger partial charge in [-0.1, -0.05) is 6.92 Å². The molecule has 3 nitrogen and oxygen atoms in total. The van der Waals surface area contributed by atoms with Crippen molar-refractivity contribution in [2.24, 2.45) is 7.05 Å². The predicted octanol–water partition coefficient (Wildman–Crippen LogP) is 3.04. The zero-order valence-corrected chi connectivity index (χ0v) is 12.4. The lowest BCUT2D eigenvalue weighted by Crippen LogP contribution is -2.16. The fourth-order valence-corrected chi connectivity index (χ4v) is 2.59. The molecule has 2 aromatic rings.